The molecule has 6 N–H and O–H groups in total. The normalized spacial score (nSPS) is 24.7. The van der Waals surface area contributed by atoms with Crippen molar-refractivity contribution in [3.05, 3.63) is 88.0 Å². The summed E-state index contributed by atoms with van der Waals surface area (Å²) in [5.41, 5.74) is 4.09. The van der Waals surface area contributed by atoms with Crippen LogP contribution in [0.5, 0.6) is 5.75 Å². The monoisotopic (exact) mass is 599 g/mol. The van der Waals surface area contributed by atoms with Gasteiger partial charge in [0.05, 0.1) is 17.8 Å². The summed E-state index contributed by atoms with van der Waals surface area (Å²) >= 11 is 0. The molecule has 226 valence electrons. The molecule has 3 aliphatic rings. The van der Waals surface area contributed by atoms with Gasteiger partial charge in [-0.3, -0.25) is 24.1 Å². The molecule has 1 aromatic heterocycles. The molecule has 0 radical (unpaired) electrons. The van der Waals surface area contributed by atoms with Gasteiger partial charge in [-0.05, 0) is 61.2 Å². The number of likely N-dealkylation sites (N-methyl/N-ethyl adjacent to an activating group) is 1. The van der Waals surface area contributed by atoms with Crippen LogP contribution >= 0.6 is 0 Å². The number of phenols is 1. The fraction of sp³-hybridized carbons (Fsp3) is 0.281. The third kappa shape index (κ3) is 4.17. The highest BCUT2D eigenvalue weighted by atomic mass is 16.5. The van der Waals surface area contributed by atoms with E-state index in [2.05, 4.69) is 5.16 Å². The van der Waals surface area contributed by atoms with Crippen molar-refractivity contribution in [3.8, 4) is 16.9 Å². The Morgan fingerprint density at radius 3 is 2.52 bits per heavy atom. The Morgan fingerprint density at radius 2 is 1.86 bits per heavy atom. The van der Waals surface area contributed by atoms with Gasteiger partial charge in [0.15, 0.2) is 11.4 Å². The van der Waals surface area contributed by atoms with Crippen LogP contribution in [0.25, 0.3) is 16.9 Å². The van der Waals surface area contributed by atoms with E-state index in [1.807, 2.05) is 6.07 Å². The fourth-order valence-corrected chi connectivity index (χ4v) is 7.00. The van der Waals surface area contributed by atoms with E-state index in [4.69, 9.17) is 10.3 Å². The molecule has 44 heavy (non-hydrogen) atoms. The van der Waals surface area contributed by atoms with Gasteiger partial charge in [-0.15, -0.1) is 0 Å². The maximum Gasteiger partial charge on any atom is 0.255 e. The summed E-state index contributed by atoms with van der Waals surface area (Å²) < 4.78 is 4.97. The number of rotatable bonds is 6. The van der Waals surface area contributed by atoms with E-state index >= 15 is 0 Å². The molecule has 0 bridgehead atoms. The van der Waals surface area contributed by atoms with E-state index in [0.29, 0.717) is 22.3 Å². The van der Waals surface area contributed by atoms with Gasteiger partial charge in [-0.2, -0.15) is 0 Å². The number of hydrogen-bond donors (Lipinski definition) is 5. The zero-order valence-electron chi connectivity index (χ0n) is 23.8. The molecule has 2 aromatic carbocycles. The Hall–Kier alpha value is -5.07. The van der Waals surface area contributed by atoms with Gasteiger partial charge in [0.1, 0.15) is 22.8 Å². The second-order valence-electron chi connectivity index (χ2n) is 11.6. The summed E-state index contributed by atoms with van der Waals surface area (Å²) in [6.45, 7) is 0. The summed E-state index contributed by atoms with van der Waals surface area (Å²) in [6, 6.07) is 10.5. The molecule has 3 aromatic rings. The number of hydrogen-bond acceptors (Lipinski definition) is 11. The largest absolute Gasteiger partial charge is 0.508 e. The summed E-state index contributed by atoms with van der Waals surface area (Å²) in [5.74, 6) is -7.22. The van der Waals surface area contributed by atoms with Crippen molar-refractivity contribution in [2.45, 2.75) is 30.9 Å². The second-order valence-corrected chi connectivity index (χ2v) is 11.6. The van der Waals surface area contributed by atoms with Crippen LogP contribution in [-0.2, 0) is 27.2 Å². The van der Waals surface area contributed by atoms with Gasteiger partial charge in [-0.1, -0.05) is 35.5 Å². The Morgan fingerprint density at radius 1 is 1.11 bits per heavy atom. The first kappa shape index (κ1) is 29.0. The first-order valence-electron chi connectivity index (χ1n) is 13.9. The zero-order valence-corrected chi connectivity index (χ0v) is 23.8. The third-order valence-electron chi connectivity index (χ3n) is 8.92. The topological polar surface area (TPSA) is 204 Å². The molecular weight excluding hydrogens is 570 g/mol. The molecule has 12 nitrogen and oxygen atoms in total. The molecule has 6 rings (SSSR count). The lowest BCUT2D eigenvalue weighted by Crippen LogP contribution is -2.65. The molecule has 4 atom stereocenters. The molecule has 1 saturated carbocycles. The maximum absolute atomic E-state index is 14.0. The molecular formula is C32H29N3O9. The quantitative estimate of drug-likeness (QED) is 0.205. The lowest BCUT2D eigenvalue weighted by molar-refractivity contribution is -0.153. The average Bonchev–Trinajstić information content (AvgIpc) is 3.50. The SMILES string of the molecule is CN(C)[C@H]1C(=O)C(C(N)=O)=C(O)[C@@]2(O)C(=O)C3=C(O)c4c(O)ccc(-c5cccc(CC(=O)c6ccno6)c5)c4C[C@@H]3C[C@H]12. The van der Waals surface area contributed by atoms with Crippen molar-refractivity contribution in [1.82, 2.24) is 10.1 Å². The van der Waals surface area contributed by atoms with Crippen molar-refractivity contribution < 1.29 is 44.1 Å². The van der Waals surface area contributed by atoms with E-state index in [9.17, 15) is 39.6 Å². The van der Waals surface area contributed by atoms with Crippen molar-refractivity contribution in [2.24, 2.45) is 17.6 Å². The number of aromatic nitrogens is 1. The van der Waals surface area contributed by atoms with Crippen molar-refractivity contribution in [1.29, 1.82) is 0 Å². The first-order chi connectivity index (χ1) is 20.9. The summed E-state index contributed by atoms with van der Waals surface area (Å²) in [7, 11) is 3.09. The number of aliphatic hydroxyl groups is 3. The zero-order chi connectivity index (χ0) is 31.7. The van der Waals surface area contributed by atoms with Crippen LogP contribution in [0.2, 0.25) is 0 Å². The Kier molecular flexibility index (Phi) is 6.78. The number of phenolic OH excluding ortho intramolecular Hbond substituents is 1. The number of Topliss-reactive ketones (excluding diaryl/α,β-unsaturated/α-hetero) is 3. The minimum Gasteiger partial charge on any atom is -0.508 e. The number of aromatic hydroxyl groups is 1. The Bertz CT molecular complexity index is 1820. The predicted molar refractivity (Wildman–Crippen MR) is 154 cm³/mol. The number of carbonyl (C=O) groups is 4. The Balaban J connectivity index is 1.46. The molecule has 12 heteroatoms. The van der Waals surface area contributed by atoms with Crippen LogP contribution in [-0.4, -0.2) is 79.5 Å². The maximum atomic E-state index is 14.0. The predicted octanol–water partition coefficient (Wildman–Crippen LogP) is 2.04. The van der Waals surface area contributed by atoms with Gasteiger partial charge in [0.2, 0.25) is 17.3 Å². The number of amides is 1. The average molecular weight is 600 g/mol. The summed E-state index contributed by atoms with van der Waals surface area (Å²) in [4.78, 5) is 53.6. The number of fused-ring (bicyclic) bond motifs is 3. The fourth-order valence-electron chi connectivity index (χ4n) is 7.00. The van der Waals surface area contributed by atoms with Crippen LogP contribution in [0.1, 0.15) is 33.7 Å². The number of aliphatic hydroxyl groups excluding tert-OH is 2. The highest BCUT2D eigenvalue weighted by Crippen LogP contribution is 2.53. The van der Waals surface area contributed by atoms with E-state index in [-0.39, 0.29) is 47.7 Å². The van der Waals surface area contributed by atoms with Crippen molar-refractivity contribution in [2.75, 3.05) is 14.1 Å². The van der Waals surface area contributed by atoms with E-state index in [0.717, 1.165) is 0 Å². The van der Waals surface area contributed by atoms with Crippen molar-refractivity contribution >= 4 is 29.0 Å². The molecule has 0 unspecified atom stereocenters. The second kappa shape index (κ2) is 10.3. The molecule has 0 spiro atoms. The van der Waals surface area contributed by atoms with Gasteiger partial charge in [0.25, 0.3) is 5.91 Å². The van der Waals surface area contributed by atoms with Crippen LogP contribution < -0.4 is 5.73 Å². The van der Waals surface area contributed by atoms with Crippen LogP contribution in [0.4, 0.5) is 0 Å². The van der Waals surface area contributed by atoms with Gasteiger partial charge >= 0.3 is 0 Å². The van der Waals surface area contributed by atoms with Crippen LogP contribution in [0.3, 0.4) is 0 Å². The lowest BCUT2D eigenvalue weighted by atomic mass is 9.57. The molecule has 0 aliphatic heterocycles. The molecule has 3 aliphatic carbocycles. The van der Waals surface area contributed by atoms with Crippen LogP contribution in [0, 0.1) is 11.8 Å². The number of benzene rings is 2. The minimum atomic E-state index is -2.71. The molecule has 0 saturated heterocycles. The van der Waals surface area contributed by atoms with Crippen LogP contribution in [0.15, 0.2) is 70.1 Å². The minimum absolute atomic E-state index is 0.0121. The number of carbonyl (C=O) groups excluding carboxylic acids is 4. The first-order valence-corrected chi connectivity index (χ1v) is 13.9. The number of primary amides is 1. The summed E-state index contributed by atoms with van der Waals surface area (Å²) in [5, 5.41) is 48.7. The number of nitrogens with zero attached hydrogens (tertiary/aromatic N) is 2. The van der Waals surface area contributed by atoms with Gasteiger partial charge in [0, 0.05) is 24.0 Å². The Labute approximate surface area is 250 Å². The summed E-state index contributed by atoms with van der Waals surface area (Å²) in [6.07, 6.45) is 1.54. The lowest BCUT2D eigenvalue weighted by Gasteiger charge is -2.50. The number of nitrogens with two attached hydrogens (primary N) is 1. The van der Waals surface area contributed by atoms with E-state index in [1.54, 1.807) is 38.4 Å². The van der Waals surface area contributed by atoms with Gasteiger partial charge < -0.3 is 30.7 Å². The standard InChI is InChI=1S/C32H29N3O9/c1-35(2)26-19-13-16-12-18-17(15-5-3-4-14(10-15)11-21(37)22-8-9-34-44-22)6-7-20(36)24(18)27(38)23(16)29(40)32(19,43)30(41)25(28(26)39)31(33)42/h3-10,16,19,26,36,38,41,43H,11-13H2,1-2H3,(H2,33,42)/t16-,19-,26-,32+/m1/s1. The van der Waals surface area contributed by atoms with E-state index in [1.165, 1.54) is 23.2 Å². The van der Waals surface area contributed by atoms with E-state index < -0.39 is 58.0 Å². The smallest absolute Gasteiger partial charge is 0.255 e. The highest BCUT2D eigenvalue weighted by Gasteiger charge is 2.64. The van der Waals surface area contributed by atoms with Crippen molar-refractivity contribution in [3.63, 3.8) is 0 Å². The third-order valence-corrected chi connectivity index (χ3v) is 8.92. The molecule has 1 amide bonds. The highest BCUT2D eigenvalue weighted by molar-refractivity contribution is 6.24. The number of ketones is 3. The molecule has 1 fully saturated rings. The van der Waals surface area contributed by atoms with Gasteiger partial charge in [-0.25, -0.2) is 0 Å². The molecule has 1 heterocycles.